The summed E-state index contributed by atoms with van der Waals surface area (Å²) in [5.74, 6) is -0.0330. The molecule has 5 nitrogen and oxygen atoms in total. The topological polar surface area (TPSA) is 67.2 Å². The Bertz CT molecular complexity index is 513. The summed E-state index contributed by atoms with van der Waals surface area (Å²) in [5.41, 5.74) is -0.399. The molecule has 2 N–H and O–H groups in total. The lowest BCUT2D eigenvalue weighted by Crippen LogP contribution is -2.37. The van der Waals surface area contributed by atoms with E-state index in [-0.39, 0.29) is 29.8 Å². The number of nitrogens with zero attached hydrogens (tertiary/aromatic N) is 2. The minimum Gasteiger partial charge on any atom is -0.396 e. The molecule has 7 heteroatoms. The van der Waals surface area contributed by atoms with Crippen LogP contribution in [0.15, 0.2) is 6.20 Å². The second kappa shape index (κ2) is 7.17. The normalized spacial score (nSPS) is 16.3. The molecule has 124 valence electrons. The fourth-order valence-electron chi connectivity index (χ4n) is 2.60. The van der Waals surface area contributed by atoms with E-state index in [1.807, 2.05) is 13.8 Å². The average Bonchev–Trinajstić information content (AvgIpc) is 3.18. The molecule has 2 rings (SSSR count). The third kappa shape index (κ3) is 4.03. The van der Waals surface area contributed by atoms with Crippen molar-refractivity contribution in [3.8, 4) is 0 Å². The zero-order valence-electron chi connectivity index (χ0n) is 12.9. The van der Waals surface area contributed by atoms with Crippen LogP contribution in [0.2, 0.25) is 0 Å². The molecule has 1 amide bonds. The Kier molecular flexibility index (Phi) is 5.50. The van der Waals surface area contributed by atoms with Crippen LogP contribution in [0, 0.1) is 11.8 Å². The second-order valence-corrected chi connectivity index (χ2v) is 6.25. The van der Waals surface area contributed by atoms with Crippen LogP contribution >= 0.6 is 0 Å². The number of amides is 1. The largest absolute Gasteiger partial charge is 0.396 e. The highest BCUT2D eigenvalue weighted by Gasteiger charge is 2.33. The zero-order valence-corrected chi connectivity index (χ0v) is 12.9. The number of hydrogen-bond acceptors (Lipinski definition) is 3. The molecule has 0 saturated heterocycles. The number of aromatic nitrogens is 2. The number of aliphatic hydroxyl groups excluding tert-OH is 1. The molecule has 1 aliphatic rings. The van der Waals surface area contributed by atoms with Crippen molar-refractivity contribution in [2.24, 2.45) is 11.8 Å². The van der Waals surface area contributed by atoms with Gasteiger partial charge in [-0.05, 0) is 31.1 Å². The maximum atomic E-state index is 13.3. The van der Waals surface area contributed by atoms with Crippen LogP contribution in [0.1, 0.15) is 55.6 Å². The number of alkyl halides is 2. The van der Waals surface area contributed by atoms with Gasteiger partial charge in [-0.15, -0.1) is 0 Å². The van der Waals surface area contributed by atoms with Crippen LogP contribution in [0.4, 0.5) is 8.78 Å². The predicted molar refractivity (Wildman–Crippen MR) is 77.7 cm³/mol. The summed E-state index contributed by atoms with van der Waals surface area (Å²) in [5, 5.41) is 15.8. The van der Waals surface area contributed by atoms with E-state index in [0.717, 1.165) is 12.8 Å². The summed E-state index contributed by atoms with van der Waals surface area (Å²) in [6.07, 6.45) is 0.903. The summed E-state index contributed by atoms with van der Waals surface area (Å²) >= 11 is 0. The van der Waals surface area contributed by atoms with E-state index < -0.39 is 12.3 Å². The van der Waals surface area contributed by atoms with Gasteiger partial charge in [0.2, 0.25) is 0 Å². The monoisotopic (exact) mass is 315 g/mol. The molecule has 0 aliphatic heterocycles. The molecule has 1 aliphatic carbocycles. The van der Waals surface area contributed by atoms with Gasteiger partial charge in [0.1, 0.15) is 5.69 Å². The molecule has 1 unspecified atom stereocenters. The minimum absolute atomic E-state index is 0.0320. The van der Waals surface area contributed by atoms with Crippen molar-refractivity contribution >= 4 is 5.91 Å². The lowest BCUT2D eigenvalue weighted by molar-refractivity contribution is 0.0906. The molecule has 0 radical (unpaired) electrons. The van der Waals surface area contributed by atoms with Crippen molar-refractivity contribution in [3.05, 3.63) is 17.5 Å². The first-order valence-electron chi connectivity index (χ1n) is 7.69. The van der Waals surface area contributed by atoms with Gasteiger partial charge in [0.25, 0.3) is 12.3 Å². The van der Waals surface area contributed by atoms with Crippen LogP contribution in [0.5, 0.6) is 0 Å². The summed E-state index contributed by atoms with van der Waals surface area (Å²) in [6, 6.07) is -0.156. The van der Waals surface area contributed by atoms with Crippen LogP contribution in [-0.2, 0) is 6.54 Å². The Hall–Kier alpha value is -1.50. The van der Waals surface area contributed by atoms with Gasteiger partial charge in [-0.2, -0.15) is 5.10 Å². The first-order valence-corrected chi connectivity index (χ1v) is 7.69. The van der Waals surface area contributed by atoms with Crippen molar-refractivity contribution in [2.45, 2.75) is 52.1 Å². The number of rotatable bonds is 8. The number of halogens is 2. The molecule has 1 atom stereocenters. The average molecular weight is 315 g/mol. The Labute approximate surface area is 128 Å². The highest BCUT2D eigenvalue weighted by molar-refractivity contribution is 5.95. The van der Waals surface area contributed by atoms with Crippen molar-refractivity contribution in [2.75, 3.05) is 6.61 Å². The smallest absolute Gasteiger partial charge is 0.280 e. The maximum absolute atomic E-state index is 13.3. The summed E-state index contributed by atoms with van der Waals surface area (Å²) in [6.45, 7) is 4.12. The van der Waals surface area contributed by atoms with E-state index in [1.54, 1.807) is 0 Å². The van der Waals surface area contributed by atoms with Gasteiger partial charge in [0, 0.05) is 19.2 Å². The molecule has 0 aromatic carbocycles. The van der Waals surface area contributed by atoms with Crippen LogP contribution < -0.4 is 5.32 Å². The lowest BCUT2D eigenvalue weighted by atomic mass is 10.1. The van der Waals surface area contributed by atoms with Gasteiger partial charge in [0.05, 0.1) is 11.8 Å². The highest BCUT2D eigenvalue weighted by Crippen LogP contribution is 2.34. The van der Waals surface area contributed by atoms with Crippen LogP contribution in [0.3, 0.4) is 0 Å². The number of nitrogens with one attached hydrogen (secondary N) is 1. The fourth-order valence-corrected chi connectivity index (χ4v) is 2.60. The van der Waals surface area contributed by atoms with E-state index in [4.69, 9.17) is 5.11 Å². The molecule has 0 bridgehead atoms. The summed E-state index contributed by atoms with van der Waals surface area (Å²) in [4.78, 5) is 12.3. The summed E-state index contributed by atoms with van der Waals surface area (Å²) < 4.78 is 27.8. The summed E-state index contributed by atoms with van der Waals surface area (Å²) in [7, 11) is 0. The Morgan fingerprint density at radius 2 is 2.18 bits per heavy atom. The molecule has 1 aromatic heterocycles. The Balaban J connectivity index is 2.16. The minimum atomic E-state index is -2.75. The third-order valence-corrected chi connectivity index (χ3v) is 3.82. The quantitative estimate of drug-likeness (QED) is 0.774. The zero-order chi connectivity index (χ0) is 16.3. The van der Waals surface area contributed by atoms with Gasteiger partial charge in [-0.1, -0.05) is 13.8 Å². The second-order valence-electron chi connectivity index (χ2n) is 6.25. The van der Waals surface area contributed by atoms with Gasteiger partial charge in [-0.25, -0.2) is 8.78 Å². The van der Waals surface area contributed by atoms with Crippen molar-refractivity contribution < 1.29 is 18.7 Å². The Morgan fingerprint density at radius 3 is 2.68 bits per heavy atom. The highest BCUT2D eigenvalue weighted by atomic mass is 19.3. The molecule has 1 heterocycles. The molecule has 0 spiro atoms. The molecule has 1 aromatic rings. The molecule has 1 fully saturated rings. The third-order valence-electron chi connectivity index (χ3n) is 3.82. The van der Waals surface area contributed by atoms with E-state index in [0.29, 0.717) is 18.9 Å². The first-order chi connectivity index (χ1) is 10.4. The molecule has 22 heavy (non-hydrogen) atoms. The van der Waals surface area contributed by atoms with Crippen molar-refractivity contribution in [3.63, 3.8) is 0 Å². The fraction of sp³-hybridized carbons (Fsp3) is 0.733. The number of hydrogen-bond donors (Lipinski definition) is 2. The molecular weight excluding hydrogens is 292 g/mol. The standard InChI is InChI=1S/C15H23F2N3O2/c1-9(2)8-20-13(14(16)17)11(7-18-20)15(22)19-12(5-6-21)10-3-4-10/h7,9-10,12,14,21H,3-6,8H2,1-2H3,(H,19,22). The van der Waals surface area contributed by atoms with Crippen molar-refractivity contribution in [1.29, 1.82) is 0 Å². The van der Waals surface area contributed by atoms with Crippen LogP contribution in [0.25, 0.3) is 0 Å². The Morgan fingerprint density at radius 1 is 1.50 bits per heavy atom. The lowest BCUT2D eigenvalue weighted by Gasteiger charge is -2.17. The van der Waals surface area contributed by atoms with Gasteiger partial charge < -0.3 is 10.4 Å². The van der Waals surface area contributed by atoms with E-state index >= 15 is 0 Å². The van der Waals surface area contributed by atoms with E-state index in [2.05, 4.69) is 10.4 Å². The predicted octanol–water partition coefficient (Wildman–Crippen LogP) is 2.37. The van der Waals surface area contributed by atoms with Gasteiger partial charge >= 0.3 is 0 Å². The number of aliphatic hydroxyl groups is 1. The van der Waals surface area contributed by atoms with Crippen molar-refractivity contribution in [1.82, 2.24) is 15.1 Å². The molecule has 1 saturated carbocycles. The first kappa shape index (κ1) is 16.9. The molecular formula is C15H23F2N3O2. The number of carbonyl (C=O) groups is 1. The van der Waals surface area contributed by atoms with Crippen LogP contribution in [-0.4, -0.2) is 33.4 Å². The van der Waals surface area contributed by atoms with E-state index in [9.17, 15) is 13.6 Å². The maximum Gasteiger partial charge on any atom is 0.280 e. The number of carbonyl (C=O) groups excluding carboxylic acids is 1. The SMILES string of the molecule is CC(C)Cn1ncc(C(=O)NC(CCO)C2CC2)c1C(F)F. The van der Waals surface area contributed by atoms with Gasteiger partial charge in [-0.3, -0.25) is 9.48 Å². The van der Waals surface area contributed by atoms with E-state index in [1.165, 1.54) is 10.9 Å². The van der Waals surface area contributed by atoms with Gasteiger partial charge in [0.15, 0.2) is 0 Å².